The largest absolute Gasteiger partial charge is 0.474 e. The van der Waals surface area contributed by atoms with Crippen molar-refractivity contribution in [3.05, 3.63) is 41.2 Å². The summed E-state index contributed by atoms with van der Waals surface area (Å²) in [6, 6.07) is 4.00. The van der Waals surface area contributed by atoms with E-state index < -0.39 is 0 Å². The normalized spacial score (nSPS) is 21.5. The number of rotatable bonds is 3. The van der Waals surface area contributed by atoms with Crippen molar-refractivity contribution >= 4 is 35.0 Å². The number of amidine groups is 1. The lowest BCUT2D eigenvalue weighted by molar-refractivity contribution is 0.148. The lowest BCUT2D eigenvalue weighted by Gasteiger charge is -2.30. The van der Waals surface area contributed by atoms with Crippen LogP contribution in [0.15, 0.2) is 40.0 Å². The van der Waals surface area contributed by atoms with Gasteiger partial charge in [-0.05, 0) is 49.8 Å². The van der Waals surface area contributed by atoms with Gasteiger partial charge in [-0.15, -0.1) is 0 Å². The molecule has 24 heavy (non-hydrogen) atoms. The molecule has 0 spiro atoms. The summed E-state index contributed by atoms with van der Waals surface area (Å²) in [6.45, 7) is 0.924. The Balaban J connectivity index is 1.53. The van der Waals surface area contributed by atoms with E-state index in [9.17, 15) is 0 Å². The molecule has 1 aromatic rings. The van der Waals surface area contributed by atoms with Crippen molar-refractivity contribution in [2.24, 2.45) is 4.40 Å². The van der Waals surface area contributed by atoms with E-state index in [1.165, 1.54) is 19.3 Å². The van der Waals surface area contributed by atoms with Crippen LogP contribution in [0.25, 0.3) is 5.57 Å². The smallest absolute Gasteiger partial charge is 0.213 e. The molecule has 6 heteroatoms. The van der Waals surface area contributed by atoms with Gasteiger partial charge in [0.2, 0.25) is 5.88 Å². The maximum Gasteiger partial charge on any atom is 0.213 e. The van der Waals surface area contributed by atoms with Crippen molar-refractivity contribution in [3.8, 4) is 5.88 Å². The Bertz CT molecular complexity index is 693. The second kappa shape index (κ2) is 7.19. The summed E-state index contributed by atoms with van der Waals surface area (Å²) in [7, 11) is 0. The minimum Gasteiger partial charge on any atom is -0.474 e. The van der Waals surface area contributed by atoms with Gasteiger partial charge in [0.15, 0.2) is 0 Å². The average Bonchev–Trinajstić information content (AvgIpc) is 2.62. The van der Waals surface area contributed by atoms with Gasteiger partial charge in [0.05, 0.1) is 5.03 Å². The Hall–Kier alpha value is -1.46. The Morgan fingerprint density at radius 3 is 2.88 bits per heavy atom. The van der Waals surface area contributed by atoms with Gasteiger partial charge in [-0.25, -0.2) is 4.98 Å². The van der Waals surface area contributed by atoms with Crippen LogP contribution in [0.2, 0.25) is 0 Å². The van der Waals surface area contributed by atoms with E-state index >= 15 is 0 Å². The van der Waals surface area contributed by atoms with E-state index in [0.29, 0.717) is 12.0 Å². The molecule has 0 saturated heterocycles. The quantitative estimate of drug-likeness (QED) is 0.735. The average molecular weight is 362 g/mol. The fourth-order valence-electron chi connectivity index (χ4n) is 3.30. The minimum atomic E-state index is 0.318. The summed E-state index contributed by atoms with van der Waals surface area (Å²) >= 11 is 7.87. The predicted molar refractivity (Wildman–Crippen MR) is 100 cm³/mol. The first-order chi connectivity index (χ1) is 11.8. The molecule has 0 radical (unpaired) electrons. The molecule has 3 aliphatic rings. The van der Waals surface area contributed by atoms with Crippen LogP contribution in [0.3, 0.4) is 0 Å². The van der Waals surface area contributed by atoms with E-state index in [2.05, 4.69) is 14.3 Å². The van der Waals surface area contributed by atoms with E-state index in [1.54, 1.807) is 11.9 Å². The summed E-state index contributed by atoms with van der Waals surface area (Å²) in [5.74, 6) is 2.64. The van der Waals surface area contributed by atoms with Crippen LogP contribution < -0.4 is 4.74 Å². The van der Waals surface area contributed by atoms with Gasteiger partial charge in [-0.1, -0.05) is 18.0 Å². The maximum absolute atomic E-state index is 6.28. The van der Waals surface area contributed by atoms with E-state index in [-0.39, 0.29) is 0 Å². The number of nitrogens with zero attached hydrogens (tertiary/aromatic N) is 3. The van der Waals surface area contributed by atoms with E-state index in [1.807, 2.05) is 30.6 Å². The molecule has 0 amide bonds. The SMILES string of the molecule is ClC1=CN2CCSN=C2C(c2ccc(OC3CCCCC3)nc2)=C1. The van der Waals surface area contributed by atoms with Gasteiger partial charge >= 0.3 is 0 Å². The van der Waals surface area contributed by atoms with Crippen molar-refractivity contribution in [3.63, 3.8) is 0 Å². The summed E-state index contributed by atoms with van der Waals surface area (Å²) in [4.78, 5) is 6.62. The number of hydrogen-bond acceptors (Lipinski definition) is 5. The van der Waals surface area contributed by atoms with Crippen LogP contribution in [0.1, 0.15) is 37.7 Å². The summed E-state index contributed by atoms with van der Waals surface area (Å²) in [5.41, 5.74) is 2.04. The monoisotopic (exact) mass is 361 g/mol. The van der Waals surface area contributed by atoms with Crippen molar-refractivity contribution in [2.45, 2.75) is 38.2 Å². The van der Waals surface area contributed by atoms with Crippen LogP contribution in [0.5, 0.6) is 5.88 Å². The number of ether oxygens (including phenoxy) is 1. The zero-order valence-electron chi connectivity index (χ0n) is 13.4. The van der Waals surface area contributed by atoms with Crippen molar-refractivity contribution in [1.29, 1.82) is 0 Å². The Kier molecular flexibility index (Phi) is 4.81. The molecule has 0 atom stereocenters. The topological polar surface area (TPSA) is 37.7 Å². The lowest BCUT2D eigenvalue weighted by atomic mass is 9.98. The molecule has 3 heterocycles. The van der Waals surface area contributed by atoms with E-state index in [0.717, 1.165) is 47.1 Å². The first-order valence-electron chi connectivity index (χ1n) is 8.49. The number of pyridine rings is 1. The summed E-state index contributed by atoms with van der Waals surface area (Å²) in [6.07, 6.45) is 12.2. The van der Waals surface area contributed by atoms with Gasteiger partial charge < -0.3 is 9.64 Å². The number of halogens is 1. The molecule has 4 rings (SSSR count). The van der Waals surface area contributed by atoms with Crippen LogP contribution >= 0.6 is 23.5 Å². The Labute approximate surface area is 151 Å². The molecule has 1 fully saturated rings. The van der Waals surface area contributed by atoms with Crippen LogP contribution in [0, 0.1) is 0 Å². The number of hydrogen-bond donors (Lipinski definition) is 0. The molecule has 1 aliphatic carbocycles. The van der Waals surface area contributed by atoms with Gasteiger partial charge in [0.1, 0.15) is 11.9 Å². The molecule has 0 bridgehead atoms. The number of fused-ring (bicyclic) bond motifs is 1. The third-order valence-electron chi connectivity index (χ3n) is 4.54. The van der Waals surface area contributed by atoms with Crippen molar-refractivity contribution < 1.29 is 4.74 Å². The second-order valence-corrected chi connectivity index (χ2v) is 7.56. The highest BCUT2D eigenvalue weighted by molar-refractivity contribution is 7.98. The summed E-state index contributed by atoms with van der Waals surface area (Å²) in [5, 5.41) is 0.721. The standard InChI is InChI=1S/C18H20ClN3OS/c19-14-10-16(18-21-24-9-8-22(18)12-14)13-6-7-17(20-11-13)23-15-4-2-1-3-5-15/h6-7,10-12,15H,1-5,8-9H2. The molecule has 0 N–H and O–H groups in total. The zero-order chi connectivity index (χ0) is 16.4. The van der Waals surface area contributed by atoms with Gasteiger partial charge in [-0.3, -0.25) is 0 Å². The molecule has 126 valence electrons. The molecule has 0 unspecified atom stereocenters. The third-order valence-corrected chi connectivity index (χ3v) is 5.41. The first kappa shape index (κ1) is 16.0. The molecule has 1 saturated carbocycles. The zero-order valence-corrected chi connectivity index (χ0v) is 15.0. The lowest BCUT2D eigenvalue weighted by Crippen LogP contribution is -2.33. The fraction of sp³-hybridized carbons (Fsp3) is 0.444. The van der Waals surface area contributed by atoms with Crippen LogP contribution in [-0.2, 0) is 0 Å². The van der Waals surface area contributed by atoms with Gasteiger partial charge in [0.25, 0.3) is 0 Å². The molecular formula is C18H20ClN3OS. The highest BCUT2D eigenvalue weighted by Crippen LogP contribution is 2.31. The van der Waals surface area contributed by atoms with Crippen LogP contribution in [0.4, 0.5) is 0 Å². The summed E-state index contributed by atoms with van der Waals surface area (Å²) < 4.78 is 10.6. The minimum absolute atomic E-state index is 0.318. The van der Waals surface area contributed by atoms with Gasteiger partial charge in [0, 0.05) is 41.9 Å². The molecule has 2 aliphatic heterocycles. The van der Waals surface area contributed by atoms with Gasteiger partial charge in [-0.2, -0.15) is 4.40 Å². The Morgan fingerprint density at radius 1 is 1.21 bits per heavy atom. The highest BCUT2D eigenvalue weighted by atomic mass is 35.5. The third kappa shape index (κ3) is 3.47. The predicted octanol–water partition coefficient (Wildman–Crippen LogP) is 4.63. The molecule has 0 aromatic carbocycles. The molecular weight excluding hydrogens is 342 g/mol. The number of aromatic nitrogens is 1. The fourth-order valence-corrected chi connectivity index (χ4v) is 4.22. The molecule has 4 nitrogen and oxygen atoms in total. The first-order valence-corrected chi connectivity index (χ1v) is 9.81. The number of allylic oxidation sites excluding steroid dienone is 2. The Morgan fingerprint density at radius 2 is 2.08 bits per heavy atom. The van der Waals surface area contributed by atoms with Crippen molar-refractivity contribution in [1.82, 2.24) is 9.88 Å². The van der Waals surface area contributed by atoms with Crippen LogP contribution in [-0.4, -0.2) is 34.1 Å². The molecule has 1 aromatic heterocycles. The van der Waals surface area contributed by atoms with Crippen molar-refractivity contribution in [2.75, 3.05) is 12.3 Å². The maximum atomic E-state index is 6.28. The highest BCUT2D eigenvalue weighted by Gasteiger charge is 2.24. The second-order valence-electron chi connectivity index (χ2n) is 6.28. The van der Waals surface area contributed by atoms with E-state index in [4.69, 9.17) is 16.3 Å².